The number of rotatable bonds is 7. The summed E-state index contributed by atoms with van der Waals surface area (Å²) in [6, 6.07) is 8.51. The number of hydrogen-bond donors (Lipinski definition) is 3. The van der Waals surface area contributed by atoms with Crippen LogP contribution < -0.4 is 25.6 Å². The van der Waals surface area contributed by atoms with Gasteiger partial charge in [0.1, 0.15) is 0 Å². The van der Waals surface area contributed by atoms with Gasteiger partial charge in [0, 0.05) is 31.7 Å². The molecule has 32 heavy (non-hydrogen) atoms. The van der Waals surface area contributed by atoms with Gasteiger partial charge >= 0.3 is 12.2 Å². The quantitative estimate of drug-likeness (QED) is 0.551. The van der Waals surface area contributed by atoms with Gasteiger partial charge in [0.2, 0.25) is 0 Å². The Morgan fingerprint density at radius 3 is 2.78 bits per heavy atom. The molecule has 0 saturated heterocycles. The molecule has 1 aromatic carbocycles. The van der Waals surface area contributed by atoms with Crippen molar-refractivity contribution in [3.8, 4) is 5.75 Å². The lowest BCUT2D eigenvalue weighted by molar-refractivity contribution is 0.175. The van der Waals surface area contributed by atoms with Crippen LogP contribution in [-0.4, -0.2) is 68.2 Å². The highest BCUT2D eigenvalue weighted by Gasteiger charge is 2.36. The number of ether oxygens (including phenoxy) is 2. The summed E-state index contributed by atoms with van der Waals surface area (Å²) in [6.07, 6.45) is 1.97. The molecule has 0 radical (unpaired) electrons. The highest BCUT2D eigenvalue weighted by molar-refractivity contribution is 6.01. The van der Waals surface area contributed by atoms with Gasteiger partial charge in [-0.25, -0.2) is 9.59 Å². The molecule has 1 aliphatic rings. The van der Waals surface area contributed by atoms with E-state index < -0.39 is 12.2 Å². The average molecular weight is 444 g/mol. The number of nitrogens with one attached hydrogen (secondary N) is 1. The van der Waals surface area contributed by atoms with Crippen molar-refractivity contribution in [3.05, 3.63) is 48.3 Å². The number of hydrogen-bond acceptors (Lipinski definition) is 8. The van der Waals surface area contributed by atoms with Crippen LogP contribution in [0.15, 0.2) is 42.7 Å². The number of nitrogens with two attached hydrogens (primary N) is 1. The van der Waals surface area contributed by atoms with Crippen molar-refractivity contribution in [2.24, 2.45) is 5.73 Å². The molecule has 2 atom stereocenters. The van der Waals surface area contributed by atoms with Crippen molar-refractivity contribution >= 4 is 23.6 Å². The van der Waals surface area contributed by atoms with E-state index in [1.165, 1.54) is 23.1 Å². The van der Waals surface area contributed by atoms with E-state index >= 15 is 0 Å². The zero-order valence-corrected chi connectivity index (χ0v) is 18.2. The number of fused-ring (bicyclic) bond motifs is 1. The van der Waals surface area contributed by atoms with Gasteiger partial charge in [0.05, 0.1) is 43.9 Å². The topological polar surface area (TPSA) is 130 Å². The first-order chi connectivity index (χ1) is 15.5. The second kappa shape index (κ2) is 10.9. The molecule has 2 aromatic rings. The molecule has 2 heterocycles. The maximum atomic E-state index is 13.1. The molecular formula is C22H29N5O5. The summed E-state index contributed by atoms with van der Waals surface area (Å²) in [5.74, 6) is 0.278. The number of carbonyl (C=O) groups is 2. The van der Waals surface area contributed by atoms with Crippen LogP contribution in [-0.2, 0) is 4.74 Å². The van der Waals surface area contributed by atoms with E-state index in [2.05, 4.69) is 10.3 Å². The number of aliphatic hydroxyl groups is 1. The van der Waals surface area contributed by atoms with Crippen LogP contribution in [0, 0.1) is 0 Å². The van der Waals surface area contributed by atoms with Crippen molar-refractivity contribution in [3.63, 3.8) is 0 Å². The average Bonchev–Trinajstić information content (AvgIpc) is 2.81. The number of benzene rings is 1. The standard InChI is InChI=1S/C22H29N5O5/c1-15-14-26(21(29)32-18-4-3-7-24-13-18)20-10-16(17(11-23)12-25-8-9-28)5-6-19(20)27(15)22(30)31-2/h3-7,10,13,15,17,25,28H,8-9,11-12,14,23H2,1-2H3/t15-,17?/m0/s1. The van der Waals surface area contributed by atoms with Crippen molar-refractivity contribution < 1.29 is 24.2 Å². The molecule has 10 heteroatoms. The summed E-state index contributed by atoms with van der Waals surface area (Å²) in [7, 11) is 1.32. The first-order valence-corrected chi connectivity index (χ1v) is 10.4. The first kappa shape index (κ1) is 23.5. The Hall–Kier alpha value is -3.21. The second-order valence-corrected chi connectivity index (χ2v) is 7.46. The summed E-state index contributed by atoms with van der Waals surface area (Å²) < 4.78 is 10.5. The van der Waals surface area contributed by atoms with Crippen LogP contribution in [0.5, 0.6) is 5.75 Å². The lowest BCUT2D eigenvalue weighted by atomic mass is 9.96. The number of anilines is 2. The van der Waals surface area contributed by atoms with Crippen molar-refractivity contribution in [1.29, 1.82) is 0 Å². The van der Waals surface area contributed by atoms with Gasteiger partial charge in [-0.1, -0.05) is 6.07 Å². The maximum absolute atomic E-state index is 13.1. The Kier molecular flexibility index (Phi) is 7.98. The van der Waals surface area contributed by atoms with E-state index in [0.717, 1.165) is 5.56 Å². The van der Waals surface area contributed by atoms with Crippen LogP contribution in [0.1, 0.15) is 18.4 Å². The Morgan fingerprint density at radius 1 is 1.31 bits per heavy atom. The fraction of sp³-hybridized carbons (Fsp3) is 0.409. The molecular weight excluding hydrogens is 414 g/mol. The van der Waals surface area contributed by atoms with Crippen LogP contribution in [0.25, 0.3) is 0 Å². The normalized spacial score (nSPS) is 16.3. The maximum Gasteiger partial charge on any atom is 0.419 e. The third-order valence-corrected chi connectivity index (χ3v) is 5.30. The third kappa shape index (κ3) is 5.16. The monoisotopic (exact) mass is 443 g/mol. The van der Waals surface area contributed by atoms with Crippen LogP contribution in [0.3, 0.4) is 0 Å². The molecule has 10 nitrogen and oxygen atoms in total. The molecule has 2 amide bonds. The minimum atomic E-state index is -0.574. The number of aliphatic hydroxyl groups excluding tert-OH is 1. The fourth-order valence-electron chi connectivity index (χ4n) is 3.70. The van der Waals surface area contributed by atoms with Crippen LogP contribution in [0.4, 0.5) is 21.0 Å². The third-order valence-electron chi connectivity index (χ3n) is 5.30. The largest absolute Gasteiger partial charge is 0.452 e. The zero-order valence-electron chi connectivity index (χ0n) is 18.2. The highest BCUT2D eigenvalue weighted by Crippen LogP contribution is 2.38. The molecule has 0 bridgehead atoms. The summed E-state index contributed by atoms with van der Waals surface area (Å²) in [5, 5.41) is 12.2. The fourth-order valence-corrected chi connectivity index (χ4v) is 3.70. The number of carbonyl (C=O) groups excluding carboxylic acids is 2. The van der Waals surface area contributed by atoms with Crippen LogP contribution >= 0.6 is 0 Å². The van der Waals surface area contributed by atoms with E-state index in [4.69, 9.17) is 20.3 Å². The number of pyridine rings is 1. The Balaban J connectivity index is 1.97. The van der Waals surface area contributed by atoms with Gasteiger partial charge in [-0.3, -0.25) is 14.8 Å². The molecule has 0 spiro atoms. The van der Waals surface area contributed by atoms with Crippen molar-refractivity contribution in [1.82, 2.24) is 10.3 Å². The predicted molar refractivity (Wildman–Crippen MR) is 120 cm³/mol. The molecule has 0 fully saturated rings. The highest BCUT2D eigenvalue weighted by atomic mass is 16.6. The molecule has 0 saturated carbocycles. The molecule has 1 aromatic heterocycles. The van der Waals surface area contributed by atoms with Gasteiger partial charge < -0.3 is 25.6 Å². The van der Waals surface area contributed by atoms with Crippen molar-refractivity contribution in [2.75, 3.05) is 49.7 Å². The van der Waals surface area contributed by atoms with E-state index in [1.807, 2.05) is 19.1 Å². The number of aromatic nitrogens is 1. The van der Waals surface area contributed by atoms with E-state index in [1.54, 1.807) is 24.4 Å². The van der Waals surface area contributed by atoms with Gasteiger partial charge in [0.25, 0.3) is 0 Å². The van der Waals surface area contributed by atoms with Crippen LogP contribution in [0.2, 0.25) is 0 Å². The van der Waals surface area contributed by atoms with Crippen molar-refractivity contribution in [2.45, 2.75) is 18.9 Å². The summed E-state index contributed by atoms with van der Waals surface area (Å²) in [6.45, 7) is 3.47. The minimum Gasteiger partial charge on any atom is -0.452 e. The van der Waals surface area contributed by atoms with Gasteiger partial charge in [-0.15, -0.1) is 0 Å². The van der Waals surface area contributed by atoms with Gasteiger partial charge in [-0.2, -0.15) is 0 Å². The summed E-state index contributed by atoms with van der Waals surface area (Å²) in [5.41, 5.74) is 7.95. The van der Waals surface area contributed by atoms with Gasteiger partial charge in [-0.05, 0) is 36.8 Å². The van der Waals surface area contributed by atoms with E-state index in [0.29, 0.717) is 36.8 Å². The Morgan fingerprint density at radius 2 is 2.12 bits per heavy atom. The molecule has 3 rings (SSSR count). The Labute approximate surface area is 186 Å². The second-order valence-electron chi connectivity index (χ2n) is 7.46. The number of amides is 2. The van der Waals surface area contributed by atoms with E-state index in [9.17, 15) is 9.59 Å². The molecule has 4 N–H and O–H groups in total. The molecule has 1 unspecified atom stereocenters. The zero-order chi connectivity index (χ0) is 23.1. The summed E-state index contributed by atoms with van der Waals surface area (Å²) >= 11 is 0. The smallest absolute Gasteiger partial charge is 0.419 e. The number of methoxy groups -OCH3 is 1. The van der Waals surface area contributed by atoms with E-state index in [-0.39, 0.29) is 25.1 Å². The van der Waals surface area contributed by atoms with Gasteiger partial charge in [0.15, 0.2) is 5.75 Å². The lowest BCUT2D eigenvalue weighted by Gasteiger charge is -2.40. The SMILES string of the molecule is COC(=O)N1c2ccc(C(CN)CNCCO)cc2N(C(=O)Oc2cccnc2)C[C@@H]1C. The lowest BCUT2D eigenvalue weighted by Crippen LogP contribution is -2.52. The molecule has 1 aliphatic heterocycles. The number of nitrogens with zero attached hydrogens (tertiary/aromatic N) is 3. The molecule has 0 aliphatic carbocycles. The summed E-state index contributed by atoms with van der Waals surface area (Å²) in [4.78, 5) is 32.5. The first-order valence-electron chi connectivity index (χ1n) is 10.4. The minimum absolute atomic E-state index is 0.0292. The Bertz CT molecular complexity index is 926. The predicted octanol–water partition coefficient (Wildman–Crippen LogP) is 1.69. The molecule has 172 valence electrons.